The van der Waals surface area contributed by atoms with E-state index in [4.69, 9.17) is 0 Å². The van der Waals surface area contributed by atoms with Gasteiger partial charge in [0.05, 0.1) is 11.6 Å². The van der Waals surface area contributed by atoms with Crippen LogP contribution in [-0.4, -0.2) is 58.3 Å². The fraction of sp³-hybridized carbons (Fsp3) is 0.421. The van der Waals surface area contributed by atoms with E-state index in [2.05, 4.69) is 74.5 Å². The second kappa shape index (κ2) is 6.92. The Morgan fingerprint density at radius 2 is 2.00 bits per heavy atom. The van der Waals surface area contributed by atoms with Gasteiger partial charge < -0.3 is 15.1 Å². The van der Waals surface area contributed by atoms with Gasteiger partial charge in [0.25, 0.3) is 0 Å². The maximum Gasteiger partial charge on any atom is 0.229 e. The first-order valence-corrected chi connectivity index (χ1v) is 9.05. The number of fused-ring (bicyclic) bond motifs is 1. The van der Waals surface area contributed by atoms with Crippen molar-refractivity contribution in [2.24, 2.45) is 0 Å². The van der Waals surface area contributed by atoms with Crippen LogP contribution in [0.2, 0.25) is 0 Å². The van der Waals surface area contributed by atoms with E-state index in [1.54, 1.807) is 12.4 Å². The summed E-state index contributed by atoms with van der Waals surface area (Å²) in [6.07, 6.45) is 5.91. The van der Waals surface area contributed by atoms with Gasteiger partial charge >= 0.3 is 0 Å². The second-order valence-corrected chi connectivity index (χ2v) is 7.18. The number of H-pyrrole nitrogens is 1. The highest BCUT2D eigenvalue weighted by Gasteiger charge is 2.21. The summed E-state index contributed by atoms with van der Waals surface area (Å²) in [4.78, 5) is 13.6. The standard InChI is InChI=1S/C19H25N7/c1-13-10-15(22-19-20-11-14-12-21-24-18(14)23-19)4-5-17(13)26-8-6-16(7-9-26)25(2)3/h4-5,10-12,16H,6-9H2,1-3H3,(H2,20,21,22,23,24). The zero-order valence-electron chi connectivity index (χ0n) is 15.5. The summed E-state index contributed by atoms with van der Waals surface area (Å²) in [6.45, 7) is 4.38. The summed E-state index contributed by atoms with van der Waals surface area (Å²) in [5, 5.41) is 11.0. The minimum Gasteiger partial charge on any atom is -0.371 e. The van der Waals surface area contributed by atoms with E-state index in [0.717, 1.165) is 29.8 Å². The molecule has 7 heteroatoms. The van der Waals surface area contributed by atoms with Crippen LogP contribution in [0.3, 0.4) is 0 Å². The van der Waals surface area contributed by atoms with Crippen LogP contribution in [0.15, 0.2) is 30.6 Å². The average molecular weight is 351 g/mol. The number of rotatable bonds is 4. The first-order valence-electron chi connectivity index (χ1n) is 9.05. The summed E-state index contributed by atoms with van der Waals surface area (Å²) in [7, 11) is 4.35. The molecule has 0 amide bonds. The van der Waals surface area contributed by atoms with Crippen molar-refractivity contribution in [3.05, 3.63) is 36.2 Å². The number of aromatic nitrogens is 4. The summed E-state index contributed by atoms with van der Waals surface area (Å²) < 4.78 is 0. The molecule has 1 fully saturated rings. The molecule has 0 saturated carbocycles. The van der Waals surface area contributed by atoms with Gasteiger partial charge in [-0.1, -0.05) is 0 Å². The molecule has 0 bridgehead atoms. The molecule has 0 aliphatic carbocycles. The molecule has 0 radical (unpaired) electrons. The van der Waals surface area contributed by atoms with Crippen LogP contribution >= 0.6 is 0 Å². The first-order chi connectivity index (χ1) is 12.6. The molecule has 0 atom stereocenters. The van der Waals surface area contributed by atoms with Crippen LogP contribution < -0.4 is 10.2 Å². The zero-order valence-corrected chi connectivity index (χ0v) is 15.5. The van der Waals surface area contributed by atoms with Crippen molar-refractivity contribution >= 4 is 28.4 Å². The van der Waals surface area contributed by atoms with Crippen LogP contribution in [0.4, 0.5) is 17.3 Å². The third kappa shape index (κ3) is 3.35. The molecule has 2 N–H and O–H groups in total. The van der Waals surface area contributed by atoms with Crippen molar-refractivity contribution in [3.8, 4) is 0 Å². The quantitative estimate of drug-likeness (QED) is 0.753. The number of anilines is 3. The fourth-order valence-electron chi connectivity index (χ4n) is 3.64. The predicted octanol–water partition coefficient (Wildman–Crippen LogP) is 2.94. The molecule has 136 valence electrons. The monoisotopic (exact) mass is 351 g/mol. The smallest absolute Gasteiger partial charge is 0.229 e. The van der Waals surface area contributed by atoms with E-state index in [-0.39, 0.29) is 0 Å². The van der Waals surface area contributed by atoms with Crippen molar-refractivity contribution in [2.45, 2.75) is 25.8 Å². The van der Waals surface area contributed by atoms with Crippen molar-refractivity contribution in [1.29, 1.82) is 0 Å². The van der Waals surface area contributed by atoms with Gasteiger partial charge in [-0.3, -0.25) is 5.10 Å². The molecule has 4 rings (SSSR count). The Labute approximate surface area is 153 Å². The van der Waals surface area contributed by atoms with Gasteiger partial charge in [-0.2, -0.15) is 10.1 Å². The number of nitrogens with zero attached hydrogens (tertiary/aromatic N) is 5. The molecule has 1 aliphatic heterocycles. The van der Waals surface area contributed by atoms with Crippen molar-refractivity contribution in [3.63, 3.8) is 0 Å². The van der Waals surface area contributed by atoms with Crippen molar-refractivity contribution in [1.82, 2.24) is 25.1 Å². The Morgan fingerprint density at radius 1 is 1.19 bits per heavy atom. The topological polar surface area (TPSA) is 73.0 Å². The highest BCUT2D eigenvalue weighted by Crippen LogP contribution is 2.28. The first kappa shape index (κ1) is 16.8. The molecular formula is C19H25N7. The number of aromatic amines is 1. The third-order valence-electron chi connectivity index (χ3n) is 5.18. The lowest BCUT2D eigenvalue weighted by Crippen LogP contribution is -2.42. The van der Waals surface area contributed by atoms with Crippen LogP contribution in [0.1, 0.15) is 18.4 Å². The molecule has 3 heterocycles. The Hall–Kier alpha value is -2.67. The Balaban J connectivity index is 1.47. The van der Waals surface area contributed by atoms with Crippen LogP contribution in [0.5, 0.6) is 0 Å². The Morgan fingerprint density at radius 3 is 2.73 bits per heavy atom. The van der Waals surface area contributed by atoms with Gasteiger partial charge in [0.2, 0.25) is 5.95 Å². The molecule has 7 nitrogen and oxygen atoms in total. The lowest BCUT2D eigenvalue weighted by atomic mass is 10.0. The predicted molar refractivity (Wildman–Crippen MR) is 105 cm³/mol. The minimum atomic E-state index is 0.570. The molecule has 1 saturated heterocycles. The molecule has 26 heavy (non-hydrogen) atoms. The minimum absolute atomic E-state index is 0.570. The van der Waals surface area contributed by atoms with E-state index >= 15 is 0 Å². The van der Waals surface area contributed by atoms with Gasteiger partial charge in [0, 0.05) is 36.7 Å². The van der Waals surface area contributed by atoms with Crippen LogP contribution in [-0.2, 0) is 0 Å². The Kier molecular flexibility index (Phi) is 4.46. The van der Waals surface area contributed by atoms with Crippen LogP contribution in [0, 0.1) is 6.92 Å². The molecule has 2 aromatic heterocycles. The summed E-state index contributed by atoms with van der Waals surface area (Å²) in [6, 6.07) is 7.15. The number of benzene rings is 1. The molecule has 0 spiro atoms. The van der Waals surface area contributed by atoms with Gasteiger partial charge in [0.15, 0.2) is 5.65 Å². The maximum atomic E-state index is 4.44. The molecule has 1 aromatic carbocycles. The molecule has 3 aromatic rings. The van der Waals surface area contributed by atoms with E-state index in [0.29, 0.717) is 12.0 Å². The van der Waals surface area contributed by atoms with Gasteiger partial charge in [-0.15, -0.1) is 0 Å². The third-order valence-corrected chi connectivity index (χ3v) is 5.18. The van der Waals surface area contributed by atoms with Crippen LogP contribution in [0.25, 0.3) is 11.0 Å². The summed E-state index contributed by atoms with van der Waals surface area (Å²) in [5.74, 6) is 0.570. The number of nitrogens with one attached hydrogen (secondary N) is 2. The largest absolute Gasteiger partial charge is 0.371 e. The summed E-state index contributed by atoms with van der Waals surface area (Å²) >= 11 is 0. The normalized spacial score (nSPS) is 15.8. The molecule has 0 unspecified atom stereocenters. The average Bonchev–Trinajstić information content (AvgIpc) is 3.10. The SMILES string of the molecule is Cc1cc(Nc2ncc3cn[nH]c3n2)ccc1N1CCC(N(C)C)CC1. The zero-order chi connectivity index (χ0) is 18.1. The molecule has 1 aliphatic rings. The number of piperidine rings is 1. The van der Waals surface area contributed by atoms with Crippen molar-refractivity contribution in [2.75, 3.05) is 37.4 Å². The number of aryl methyl sites for hydroxylation is 1. The van der Waals surface area contributed by atoms with E-state index in [1.165, 1.54) is 24.1 Å². The van der Waals surface area contributed by atoms with Gasteiger partial charge in [0.1, 0.15) is 0 Å². The highest BCUT2D eigenvalue weighted by molar-refractivity contribution is 5.74. The lowest BCUT2D eigenvalue weighted by molar-refractivity contribution is 0.249. The second-order valence-electron chi connectivity index (χ2n) is 7.18. The number of hydrogen-bond acceptors (Lipinski definition) is 6. The number of hydrogen-bond donors (Lipinski definition) is 2. The van der Waals surface area contributed by atoms with E-state index in [1.807, 2.05) is 0 Å². The Bertz CT molecular complexity index is 894. The maximum absolute atomic E-state index is 4.44. The van der Waals surface area contributed by atoms with Gasteiger partial charge in [-0.25, -0.2) is 4.98 Å². The van der Waals surface area contributed by atoms with E-state index in [9.17, 15) is 0 Å². The van der Waals surface area contributed by atoms with Crippen molar-refractivity contribution < 1.29 is 0 Å². The lowest BCUT2D eigenvalue weighted by Gasteiger charge is -2.37. The summed E-state index contributed by atoms with van der Waals surface area (Å²) in [5.41, 5.74) is 4.31. The molecular weight excluding hydrogens is 326 g/mol. The fourth-order valence-corrected chi connectivity index (χ4v) is 3.64. The highest BCUT2D eigenvalue weighted by atomic mass is 15.2. The van der Waals surface area contributed by atoms with Gasteiger partial charge in [-0.05, 0) is 57.6 Å². The van der Waals surface area contributed by atoms with E-state index < -0.39 is 0 Å².